The molecule has 0 spiro atoms. The van der Waals surface area contributed by atoms with Crippen LogP contribution < -0.4 is 16.0 Å². The molecule has 2 aliphatic rings. The number of pyridine rings is 1. The molecule has 6 heteroatoms. The number of aliphatic imine (C=N–C) groups is 1. The fraction of sp³-hybridized carbons (Fsp3) is 0.650. The van der Waals surface area contributed by atoms with Crippen LogP contribution in [0.25, 0.3) is 0 Å². The maximum atomic E-state index is 12.4. The summed E-state index contributed by atoms with van der Waals surface area (Å²) < 4.78 is 0. The first kappa shape index (κ1) is 18.7. The molecule has 1 saturated heterocycles. The second-order valence-electron chi connectivity index (χ2n) is 7.39. The number of amidine groups is 1. The van der Waals surface area contributed by atoms with E-state index in [9.17, 15) is 4.79 Å². The van der Waals surface area contributed by atoms with E-state index < -0.39 is 0 Å². The normalized spacial score (nSPS) is 19.9. The number of amides is 1. The van der Waals surface area contributed by atoms with Crippen LogP contribution in [-0.2, 0) is 4.79 Å². The molecule has 1 aliphatic heterocycles. The Morgan fingerprint density at radius 1 is 1.12 bits per heavy atom. The van der Waals surface area contributed by atoms with Gasteiger partial charge in [0.25, 0.3) is 5.91 Å². The molecule has 0 bridgehead atoms. The van der Waals surface area contributed by atoms with Gasteiger partial charge >= 0.3 is 0 Å². The highest BCUT2D eigenvalue weighted by molar-refractivity contribution is 6.07. The summed E-state index contributed by atoms with van der Waals surface area (Å²) in [5, 5.41) is 3.11. The minimum atomic E-state index is -0.0825. The molecule has 0 atom stereocenters. The van der Waals surface area contributed by atoms with Crippen molar-refractivity contribution in [3.8, 4) is 0 Å². The van der Waals surface area contributed by atoms with Gasteiger partial charge < -0.3 is 16.0 Å². The van der Waals surface area contributed by atoms with Gasteiger partial charge in [-0.05, 0) is 37.8 Å². The van der Waals surface area contributed by atoms with E-state index >= 15 is 0 Å². The molecule has 0 radical (unpaired) electrons. The number of nitrogens with two attached hydrogens (primary N) is 1. The zero-order valence-corrected chi connectivity index (χ0v) is 15.8. The van der Waals surface area contributed by atoms with Crippen LogP contribution in [-0.4, -0.2) is 36.9 Å². The third-order valence-corrected chi connectivity index (χ3v) is 5.51. The number of nitrogens with one attached hydrogen (secondary N) is 1. The van der Waals surface area contributed by atoms with Gasteiger partial charge in [-0.25, -0.2) is 4.98 Å². The standard InChI is InChI=1S/C20H31N5O/c1-22-19-16(18(21)24-20(26)15-9-5-4-6-10-15)11-12-17(23-19)25-13-7-2-3-8-14-25/h11-12,15H,2-10,13-14H2,1H3,(H,22,23)(H2,21,24,26). The summed E-state index contributed by atoms with van der Waals surface area (Å²) in [5.74, 6) is 1.86. The van der Waals surface area contributed by atoms with Crippen molar-refractivity contribution in [1.82, 2.24) is 4.98 Å². The lowest BCUT2D eigenvalue weighted by Gasteiger charge is -2.22. The Bertz CT molecular complexity index is 644. The summed E-state index contributed by atoms with van der Waals surface area (Å²) in [6, 6.07) is 3.93. The predicted octanol–water partition coefficient (Wildman–Crippen LogP) is 3.32. The Kier molecular flexibility index (Phi) is 6.47. The number of anilines is 2. The molecule has 0 unspecified atom stereocenters. The zero-order valence-electron chi connectivity index (χ0n) is 15.8. The van der Waals surface area contributed by atoms with Gasteiger partial charge in [-0.15, -0.1) is 0 Å². The summed E-state index contributed by atoms with van der Waals surface area (Å²) in [6.07, 6.45) is 10.3. The molecule has 1 saturated carbocycles. The highest BCUT2D eigenvalue weighted by atomic mass is 16.1. The van der Waals surface area contributed by atoms with Crippen LogP contribution in [0.5, 0.6) is 0 Å². The summed E-state index contributed by atoms with van der Waals surface area (Å²) >= 11 is 0. The lowest BCUT2D eigenvalue weighted by atomic mass is 9.89. The van der Waals surface area contributed by atoms with Crippen molar-refractivity contribution in [3.05, 3.63) is 17.7 Å². The second-order valence-corrected chi connectivity index (χ2v) is 7.39. The SMILES string of the molecule is CNc1nc(N2CCCCCC2)ccc1C(N)=NC(=O)C1CCCCC1. The summed E-state index contributed by atoms with van der Waals surface area (Å²) in [5.41, 5.74) is 6.87. The van der Waals surface area contributed by atoms with E-state index in [4.69, 9.17) is 10.7 Å². The number of aromatic nitrogens is 1. The summed E-state index contributed by atoms with van der Waals surface area (Å²) in [6.45, 7) is 2.08. The van der Waals surface area contributed by atoms with Crippen molar-refractivity contribution in [1.29, 1.82) is 0 Å². The Hall–Kier alpha value is -2.11. The molecule has 0 aromatic carbocycles. The predicted molar refractivity (Wildman–Crippen MR) is 107 cm³/mol. The van der Waals surface area contributed by atoms with Crippen molar-refractivity contribution in [2.75, 3.05) is 30.4 Å². The first-order valence-electron chi connectivity index (χ1n) is 10.0. The van der Waals surface area contributed by atoms with Gasteiger partial charge in [0.1, 0.15) is 17.5 Å². The number of rotatable bonds is 4. The second kappa shape index (κ2) is 9.01. The number of carbonyl (C=O) groups is 1. The smallest absolute Gasteiger partial charge is 0.250 e. The monoisotopic (exact) mass is 357 g/mol. The fourth-order valence-electron chi connectivity index (χ4n) is 3.94. The van der Waals surface area contributed by atoms with Crippen LogP contribution in [0, 0.1) is 5.92 Å². The summed E-state index contributed by atoms with van der Waals surface area (Å²) in [4.78, 5) is 23.7. The van der Waals surface area contributed by atoms with Crippen LogP contribution in [0.4, 0.5) is 11.6 Å². The molecule has 3 N–H and O–H groups in total. The van der Waals surface area contributed by atoms with Crippen molar-refractivity contribution in [2.24, 2.45) is 16.6 Å². The third kappa shape index (κ3) is 4.54. The highest BCUT2D eigenvalue weighted by Crippen LogP contribution is 2.26. The topological polar surface area (TPSA) is 83.6 Å². The van der Waals surface area contributed by atoms with Crippen LogP contribution >= 0.6 is 0 Å². The highest BCUT2D eigenvalue weighted by Gasteiger charge is 2.22. The first-order chi connectivity index (χ1) is 12.7. The maximum absolute atomic E-state index is 12.4. The Balaban J connectivity index is 1.77. The van der Waals surface area contributed by atoms with Crippen molar-refractivity contribution in [2.45, 2.75) is 57.8 Å². The lowest BCUT2D eigenvalue weighted by molar-refractivity contribution is -0.122. The van der Waals surface area contributed by atoms with Gasteiger partial charge in [0.05, 0.1) is 5.56 Å². The Morgan fingerprint density at radius 3 is 2.42 bits per heavy atom. The maximum Gasteiger partial charge on any atom is 0.250 e. The molecule has 1 aromatic rings. The van der Waals surface area contributed by atoms with Gasteiger partial charge in [0.2, 0.25) is 0 Å². The molecule has 6 nitrogen and oxygen atoms in total. The van der Waals surface area contributed by atoms with Crippen molar-refractivity contribution in [3.63, 3.8) is 0 Å². The van der Waals surface area contributed by atoms with E-state index in [-0.39, 0.29) is 17.7 Å². The van der Waals surface area contributed by atoms with E-state index in [1.807, 2.05) is 19.2 Å². The van der Waals surface area contributed by atoms with E-state index in [0.717, 1.165) is 44.6 Å². The van der Waals surface area contributed by atoms with Gasteiger partial charge in [0, 0.05) is 26.1 Å². The van der Waals surface area contributed by atoms with Crippen LogP contribution in [0.15, 0.2) is 17.1 Å². The average molecular weight is 358 g/mol. The molecule has 3 rings (SSSR count). The number of hydrogen-bond acceptors (Lipinski definition) is 4. The number of carbonyl (C=O) groups excluding carboxylic acids is 1. The minimum absolute atomic E-state index is 0.0321. The van der Waals surface area contributed by atoms with Crippen molar-refractivity contribution >= 4 is 23.4 Å². The molecule has 1 aromatic heterocycles. The van der Waals surface area contributed by atoms with Crippen molar-refractivity contribution < 1.29 is 4.79 Å². The van der Waals surface area contributed by atoms with Gasteiger partial charge in [-0.3, -0.25) is 4.79 Å². The molecular weight excluding hydrogens is 326 g/mol. The van der Waals surface area contributed by atoms with Crippen LogP contribution in [0.3, 0.4) is 0 Å². The first-order valence-corrected chi connectivity index (χ1v) is 10.0. The van der Waals surface area contributed by atoms with E-state index in [1.165, 1.54) is 32.1 Å². The largest absolute Gasteiger partial charge is 0.383 e. The molecule has 2 heterocycles. The van der Waals surface area contributed by atoms with Gasteiger partial charge in [-0.1, -0.05) is 32.1 Å². The molecular formula is C20H31N5O. The number of nitrogens with zero attached hydrogens (tertiary/aromatic N) is 3. The minimum Gasteiger partial charge on any atom is -0.383 e. The molecule has 2 fully saturated rings. The molecule has 142 valence electrons. The fourth-order valence-corrected chi connectivity index (χ4v) is 3.94. The van der Waals surface area contributed by atoms with E-state index in [2.05, 4.69) is 15.2 Å². The summed E-state index contributed by atoms with van der Waals surface area (Å²) in [7, 11) is 1.83. The third-order valence-electron chi connectivity index (χ3n) is 5.51. The molecule has 26 heavy (non-hydrogen) atoms. The quantitative estimate of drug-likeness (QED) is 0.638. The van der Waals surface area contributed by atoms with Gasteiger partial charge in [-0.2, -0.15) is 4.99 Å². The van der Waals surface area contributed by atoms with E-state index in [1.54, 1.807) is 0 Å². The number of hydrogen-bond donors (Lipinski definition) is 2. The van der Waals surface area contributed by atoms with E-state index in [0.29, 0.717) is 11.4 Å². The average Bonchev–Trinajstić information content (AvgIpc) is 2.97. The Labute approximate surface area is 156 Å². The van der Waals surface area contributed by atoms with Crippen LogP contribution in [0.2, 0.25) is 0 Å². The van der Waals surface area contributed by atoms with Gasteiger partial charge in [0.15, 0.2) is 0 Å². The van der Waals surface area contributed by atoms with Crippen LogP contribution in [0.1, 0.15) is 63.4 Å². The molecule has 1 aliphatic carbocycles. The molecule has 1 amide bonds. The Morgan fingerprint density at radius 2 is 1.77 bits per heavy atom. The lowest BCUT2D eigenvalue weighted by Crippen LogP contribution is -2.26. The zero-order chi connectivity index (χ0) is 18.4.